The summed E-state index contributed by atoms with van der Waals surface area (Å²) < 4.78 is 1.29. The highest BCUT2D eigenvalue weighted by Gasteiger charge is 2.41. The van der Waals surface area contributed by atoms with Gasteiger partial charge in [-0.05, 0) is 67.2 Å². The molecule has 0 radical (unpaired) electrons. The Kier molecular flexibility index (Phi) is 4.91. The maximum atomic E-state index is 5.63. The zero-order chi connectivity index (χ0) is 16.6. The van der Waals surface area contributed by atoms with Crippen molar-refractivity contribution in [2.24, 2.45) is 0 Å². The maximum absolute atomic E-state index is 5.63. The van der Waals surface area contributed by atoms with Gasteiger partial charge < -0.3 is 15.2 Å². The van der Waals surface area contributed by atoms with Gasteiger partial charge in [-0.15, -0.1) is 0 Å². The summed E-state index contributed by atoms with van der Waals surface area (Å²) in [4.78, 5) is 10.4. The van der Waals surface area contributed by atoms with Crippen LogP contribution in [0.25, 0.3) is 0 Å². The predicted molar refractivity (Wildman–Crippen MR) is 105 cm³/mol. The van der Waals surface area contributed by atoms with Gasteiger partial charge in [-0.1, -0.05) is 13.0 Å². The summed E-state index contributed by atoms with van der Waals surface area (Å²) in [5.41, 5.74) is 4.80. The number of aryl methyl sites for hydroxylation is 2. The molecule has 23 heavy (non-hydrogen) atoms. The Labute approximate surface area is 156 Å². The van der Waals surface area contributed by atoms with E-state index in [0.717, 1.165) is 23.8 Å². The molecule has 1 aliphatic rings. The van der Waals surface area contributed by atoms with Crippen LogP contribution in [0.15, 0.2) is 24.4 Å². The van der Waals surface area contributed by atoms with Crippen LogP contribution in [0.2, 0.25) is 0 Å². The molecule has 2 N–H and O–H groups in total. The number of nitrogens with one attached hydrogen (secondary N) is 2. The summed E-state index contributed by atoms with van der Waals surface area (Å²) in [7, 11) is 0. The lowest BCUT2D eigenvalue weighted by Crippen LogP contribution is -2.30. The molecule has 0 unspecified atom stereocenters. The topological polar surface area (TPSA) is 44.0 Å². The molecule has 3 heterocycles. The minimum atomic E-state index is 0.0812. The largest absolute Gasteiger partial charge is 0.362 e. The minimum absolute atomic E-state index is 0.0812. The summed E-state index contributed by atoms with van der Waals surface area (Å²) in [5.74, 6) is 0. The van der Waals surface area contributed by atoms with Crippen LogP contribution >= 0.6 is 34.8 Å². The van der Waals surface area contributed by atoms with Crippen molar-refractivity contribution in [1.29, 1.82) is 0 Å². The molecular formula is C17H21IN4S. The van der Waals surface area contributed by atoms with Gasteiger partial charge in [-0.3, -0.25) is 4.98 Å². The fourth-order valence-electron chi connectivity index (χ4n) is 3.32. The van der Waals surface area contributed by atoms with E-state index in [4.69, 9.17) is 12.2 Å². The molecule has 3 rings (SSSR count). The zero-order valence-electron chi connectivity index (χ0n) is 13.6. The molecule has 0 spiro atoms. The van der Waals surface area contributed by atoms with Crippen molar-refractivity contribution in [3.63, 3.8) is 0 Å². The van der Waals surface area contributed by atoms with Crippen molar-refractivity contribution in [1.82, 2.24) is 20.2 Å². The van der Waals surface area contributed by atoms with Crippen LogP contribution in [0.5, 0.6) is 0 Å². The Balaban J connectivity index is 2.11. The molecule has 0 aromatic carbocycles. The van der Waals surface area contributed by atoms with Gasteiger partial charge in [-0.25, -0.2) is 0 Å². The first-order valence-electron chi connectivity index (χ1n) is 7.87. The fourth-order valence-corrected chi connectivity index (χ4v) is 4.51. The Hall–Kier alpha value is -1.15. The quantitative estimate of drug-likeness (QED) is 0.557. The normalized spacial score (nSPS) is 20.9. The van der Waals surface area contributed by atoms with E-state index in [2.05, 4.69) is 69.6 Å². The van der Waals surface area contributed by atoms with E-state index in [1.807, 2.05) is 18.3 Å². The Morgan fingerprint density at radius 3 is 2.65 bits per heavy atom. The third kappa shape index (κ3) is 2.98. The molecule has 0 amide bonds. The number of rotatable bonds is 4. The number of aromatic amines is 1. The first-order chi connectivity index (χ1) is 11.0. The van der Waals surface area contributed by atoms with Crippen LogP contribution in [0.1, 0.15) is 48.1 Å². The van der Waals surface area contributed by atoms with Gasteiger partial charge >= 0.3 is 0 Å². The second kappa shape index (κ2) is 6.76. The van der Waals surface area contributed by atoms with Crippen molar-refractivity contribution in [2.45, 2.75) is 39.3 Å². The second-order valence-corrected chi connectivity index (χ2v) is 7.39. The summed E-state index contributed by atoms with van der Waals surface area (Å²) in [6.45, 7) is 7.40. The van der Waals surface area contributed by atoms with Crippen LogP contribution in [0.3, 0.4) is 0 Å². The van der Waals surface area contributed by atoms with Gasteiger partial charge in [0.2, 0.25) is 0 Å². The standard InChI is InChI=1S/C17H21IN4S/c1-4-9-22-16(13-10(2)20-11(3)14(13)18)15(21-17(22)23)12-7-5-6-8-19-12/h5-8,15-16,20H,4,9H2,1-3H3,(H,21,23)/t15-,16+/m1/s1. The van der Waals surface area contributed by atoms with Crippen molar-refractivity contribution in [2.75, 3.05) is 6.54 Å². The number of pyridine rings is 1. The van der Waals surface area contributed by atoms with Crippen molar-refractivity contribution >= 4 is 39.9 Å². The Bertz CT molecular complexity index is 713. The lowest BCUT2D eigenvalue weighted by Gasteiger charge is -2.28. The highest BCUT2D eigenvalue weighted by molar-refractivity contribution is 14.1. The van der Waals surface area contributed by atoms with Crippen molar-refractivity contribution in [3.8, 4) is 0 Å². The number of aromatic nitrogens is 2. The number of nitrogens with zero attached hydrogens (tertiary/aromatic N) is 2. The third-order valence-corrected chi connectivity index (χ3v) is 6.05. The highest BCUT2D eigenvalue weighted by atomic mass is 127. The average molecular weight is 440 g/mol. The second-order valence-electron chi connectivity index (χ2n) is 5.92. The molecule has 0 saturated carbocycles. The lowest BCUT2D eigenvalue weighted by atomic mass is 9.96. The number of hydrogen-bond donors (Lipinski definition) is 2. The fraction of sp³-hybridized carbons (Fsp3) is 0.412. The minimum Gasteiger partial charge on any atom is -0.362 e. The van der Waals surface area contributed by atoms with E-state index in [1.165, 1.54) is 20.5 Å². The van der Waals surface area contributed by atoms with E-state index < -0.39 is 0 Å². The third-order valence-electron chi connectivity index (χ3n) is 4.30. The molecule has 0 aliphatic carbocycles. The van der Waals surface area contributed by atoms with E-state index in [-0.39, 0.29) is 12.1 Å². The monoisotopic (exact) mass is 440 g/mol. The van der Waals surface area contributed by atoms with Crippen molar-refractivity contribution < 1.29 is 0 Å². The lowest BCUT2D eigenvalue weighted by molar-refractivity contribution is 0.316. The zero-order valence-corrected chi connectivity index (χ0v) is 16.5. The van der Waals surface area contributed by atoms with E-state index in [9.17, 15) is 0 Å². The van der Waals surface area contributed by atoms with Crippen LogP contribution in [0, 0.1) is 17.4 Å². The number of hydrogen-bond acceptors (Lipinski definition) is 2. The smallest absolute Gasteiger partial charge is 0.170 e. The number of halogens is 1. The molecule has 6 heteroatoms. The molecule has 1 fully saturated rings. The molecule has 2 aromatic heterocycles. The molecule has 1 aliphatic heterocycles. The molecule has 1 saturated heterocycles. The molecule has 4 nitrogen and oxygen atoms in total. The maximum Gasteiger partial charge on any atom is 0.170 e. The van der Waals surface area contributed by atoms with Gasteiger partial charge in [0.1, 0.15) is 0 Å². The number of thiocarbonyl (C=S) groups is 1. The summed E-state index contributed by atoms with van der Waals surface area (Å²) >= 11 is 8.07. The average Bonchev–Trinajstić information content (AvgIpc) is 2.98. The molecule has 0 bridgehead atoms. The first kappa shape index (κ1) is 16.7. The van der Waals surface area contributed by atoms with Crippen LogP contribution < -0.4 is 5.32 Å². The van der Waals surface area contributed by atoms with E-state index in [1.54, 1.807) is 0 Å². The predicted octanol–water partition coefficient (Wildman–Crippen LogP) is 4.01. The SMILES string of the molecule is CCCN1C(=S)N[C@H](c2ccccn2)[C@@H]1c1c(C)[nH]c(C)c1I. The van der Waals surface area contributed by atoms with Crippen LogP contribution in [0.4, 0.5) is 0 Å². The van der Waals surface area contributed by atoms with Gasteiger partial charge in [0.15, 0.2) is 5.11 Å². The molecular weight excluding hydrogens is 419 g/mol. The van der Waals surface area contributed by atoms with Crippen LogP contribution in [-0.2, 0) is 0 Å². The van der Waals surface area contributed by atoms with Gasteiger partial charge in [0, 0.05) is 33.3 Å². The molecule has 2 aromatic rings. The molecule has 122 valence electrons. The van der Waals surface area contributed by atoms with Gasteiger partial charge in [-0.2, -0.15) is 0 Å². The first-order valence-corrected chi connectivity index (χ1v) is 9.36. The van der Waals surface area contributed by atoms with Crippen molar-refractivity contribution in [3.05, 3.63) is 50.6 Å². The van der Waals surface area contributed by atoms with E-state index >= 15 is 0 Å². The summed E-state index contributed by atoms with van der Waals surface area (Å²) in [6, 6.07) is 6.31. The summed E-state index contributed by atoms with van der Waals surface area (Å²) in [5, 5.41) is 4.32. The van der Waals surface area contributed by atoms with E-state index in [0.29, 0.717) is 0 Å². The Morgan fingerprint density at radius 2 is 2.09 bits per heavy atom. The molecule has 2 atom stereocenters. The van der Waals surface area contributed by atoms with Crippen LogP contribution in [-0.4, -0.2) is 26.5 Å². The highest BCUT2D eigenvalue weighted by Crippen LogP contribution is 2.42. The Morgan fingerprint density at radius 1 is 1.30 bits per heavy atom. The summed E-state index contributed by atoms with van der Waals surface area (Å²) in [6.07, 6.45) is 2.91. The number of H-pyrrole nitrogens is 1. The van der Waals surface area contributed by atoms with Gasteiger partial charge in [0.05, 0.1) is 17.8 Å². The van der Waals surface area contributed by atoms with Gasteiger partial charge in [0.25, 0.3) is 0 Å².